The van der Waals surface area contributed by atoms with Crippen molar-refractivity contribution in [1.29, 1.82) is 0 Å². The van der Waals surface area contributed by atoms with E-state index in [-0.39, 0.29) is 18.1 Å². The van der Waals surface area contributed by atoms with Gasteiger partial charge in [-0.1, -0.05) is 24.3 Å². The number of hydrogen-bond acceptors (Lipinski definition) is 5. The quantitative estimate of drug-likeness (QED) is 0.463. The highest BCUT2D eigenvalue weighted by molar-refractivity contribution is 7.21. The number of nitrogens with zero attached hydrogens (tertiary/aromatic N) is 4. The van der Waals surface area contributed by atoms with Crippen LogP contribution in [0.3, 0.4) is 0 Å². The van der Waals surface area contributed by atoms with E-state index in [2.05, 4.69) is 15.4 Å². The van der Waals surface area contributed by atoms with Gasteiger partial charge in [-0.15, -0.1) is 11.3 Å². The van der Waals surface area contributed by atoms with Crippen LogP contribution in [0.15, 0.2) is 60.7 Å². The van der Waals surface area contributed by atoms with Gasteiger partial charge in [-0.2, -0.15) is 5.10 Å². The van der Waals surface area contributed by atoms with Crippen molar-refractivity contribution >= 4 is 38.9 Å². The number of aryl methyl sites for hydroxylation is 1. The molecule has 3 heterocycles. The zero-order valence-corrected chi connectivity index (χ0v) is 16.8. The second-order valence-corrected chi connectivity index (χ2v) is 7.92. The molecule has 3 aromatic heterocycles. The molecule has 0 aliphatic rings. The Kier molecular flexibility index (Phi) is 4.48. The molecule has 1 N–H and O–H groups in total. The minimum Gasteiger partial charge on any atom is -0.308 e. The standard InChI is InChI=1S/C22H16FN5OS/c1-13-6-11-18-25-21(26-19(29)12-14-7-9-15(23)10-8-14)20(28(18)27-13)22-24-16-4-2-3-5-17(16)30-22/h2-11H,12H2,1H3,(H,26,29). The van der Waals surface area contributed by atoms with Crippen LogP contribution in [0.25, 0.3) is 26.6 Å². The molecular weight excluding hydrogens is 401 g/mol. The number of fused-ring (bicyclic) bond motifs is 2. The first kappa shape index (κ1) is 18.4. The van der Waals surface area contributed by atoms with Gasteiger partial charge in [0.25, 0.3) is 0 Å². The molecule has 0 unspecified atom stereocenters. The molecule has 0 radical (unpaired) electrons. The maximum Gasteiger partial charge on any atom is 0.230 e. The molecule has 0 saturated carbocycles. The number of aromatic nitrogens is 4. The van der Waals surface area contributed by atoms with Crippen molar-refractivity contribution in [2.45, 2.75) is 13.3 Å². The third-order valence-electron chi connectivity index (χ3n) is 4.64. The second-order valence-electron chi connectivity index (χ2n) is 6.89. The van der Waals surface area contributed by atoms with E-state index in [1.54, 1.807) is 16.6 Å². The Morgan fingerprint density at radius 2 is 1.87 bits per heavy atom. The van der Waals surface area contributed by atoms with Crippen LogP contribution >= 0.6 is 11.3 Å². The Bertz CT molecular complexity index is 1360. The zero-order chi connectivity index (χ0) is 20.7. The lowest BCUT2D eigenvalue weighted by Crippen LogP contribution is -2.15. The Labute approximate surface area is 175 Å². The molecule has 0 atom stereocenters. The number of carbonyl (C=O) groups is 1. The number of hydrogen-bond donors (Lipinski definition) is 1. The van der Waals surface area contributed by atoms with Crippen LogP contribution < -0.4 is 5.32 Å². The highest BCUT2D eigenvalue weighted by atomic mass is 32.1. The predicted molar refractivity (Wildman–Crippen MR) is 115 cm³/mol. The average Bonchev–Trinajstić information content (AvgIpc) is 3.29. The van der Waals surface area contributed by atoms with Crippen molar-refractivity contribution in [1.82, 2.24) is 19.6 Å². The van der Waals surface area contributed by atoms with Crippen LogP contribution in [0.4, 0.5) is 10.2 Å². The van der Waals surface area contributed by atoms with Gasteiger partial charge in [0.2, 0.25) is 5.91 Å². The van der Waals surface area contributed by atoms with Gasteiger partial charge in [0.15, 0.2) is 11.5 Å². The number of rotatable bonds is 4. The van der Waals surface area contributed by atoms with E-state index in [1.807, 2.05) is 43.3 Å². The SMILES string of the molecule is Cc1ccc2nc(NC(=O)Cc3ccc(F)cc3)c(-c3nc4ccccc4s3)n2n1. The predicted octanol–water partition coefficient (Wildman–Crippen LogP) is 4.63. The molecule has 5 rings (SSSR count). The number of nitrogens with one attached hydrogen (secondary N) is 1. The Hall–Kier alpha value is -3.65. The summed E-state index contributed by atoms with van der Waals surface area (Å²) in [7, 11) is 0. The first-order valence-electron chi connectivity index (χ1n) is 9.33. The van der Waals surface area contributed by atoms with Crippen LogP contribution in [0.5, 0.6) is 0 Å². The summed E-state index contributed by atoms with van der Waals surface area (Å²) >= 11 is 1.52. The molecule has 0 spiro atoms. The minimum absolute atomic E-state index is 0.111. The third kappa shape index (κ3) is 3.42. The van der Waals surface area contributed by atoms with Gasteiger partial charge in [-0.05, 0) is 48.9 Å². The van der Waals surface area contributed by atoms with Crippen molar-refractivity contribution in [2.24, 2.45) is 0 Å². The van der Waals surface area contributed by atoms with E-state index in [9.17, 15) is 9.18 Å². The van der Waals surface area contributed by atoms with E-state index < -0.39 is 0 Å². The fourth-order valence-electron chi connectivity index (χ4n) is 3.24. The van der Waals surface area contributed by atoms with Crippen LogP contribution in [-0.4, -0.2) is 25.5 Å². The molecule has 0 saturated heterocycles. The third-order valence-corrected chi connectivity index (χ3v) is 5.69. The molecule has 30 heavy (non-hydrogen) atoms. The van der Waals surface area contributed by atoms with Crippen LogP contribution in [-0.2, 0) is 11.2 Å². The van der Waals surface area contributed by atoms with Gasteiger partial charge >= 0.3 is 0 Å². The first-order valence-corrected chi connectivity index (χ1v) is 10.1. The zero-order valence-electron chi connectivity index (χ0n) is 16.0. The summed E-state index contributed by atoms with van der Waals surface area (Å²) in [6.07, 6.45) is 0.111. The molecule has 5 aromatic rings. The molecule has 0 aliphatic carbocycles. The van der Waals surface area contributed by atoms with Gasteiger partial charge in [0.05, 0.1) is 22.3 Å². The van der Waals surface area contributed by atoms with Gasteiger partial charge in [0, 0.05) is 0 Å². The number of benzene rings is 2. The maximum absolute atomic E-state index is 13.1. The van der Waals surface area contributed by atoms with E-state index in [0.717, 1.165) is 20.9 Å². The van der Waals surface area contributed by atoms with Crippen molar-refractivity contribution in [3.05, 3.63) is 77.7 Å². The van der Waals surface area contributed by atoms with Crippen molar-refractivity contribution in [2.75, 3.05) is 5.32 Å². The molecule has 6 nitrogen and oxygen atoms in total. The first-order chi connectivity index (χ1) is 14.6. The molecule has 0 fully saturated rings. The number of carbonyl (C=O) groups excluding carboxylic acids is 1. The second kappa shape index (κ2) is 7.31. The van der Waals surface area contributed by atoms with Gasteiger partial charge < -0.3 is 5.32 Å². The lowest BCUT2D eigenvalue weighted by Gasteiger charge is -2.05. The van der Waals surface area contributed by atoms with E-state index in [4.69, 9.17) is 4.98 Å². The Morgan fingerprint density at radius 3 is 2.67 bits per heavy atom. The largest absolute Gasteiger partial charge is 0.308 e. The number of amides is 1. The Morgan fingerprint density at radius 1 is 1.07 bits per heavy atom. The van der Waals surface area contributed by atoms with Gasteiger partial charge in [-0.3, -0.25) is 4.79 Å². The normalized spacial score (nSPS) is 11.3. The lowest BCUT2D eigenvalue weighted by atomic mass is 10.1. The summed E-state index contributed by atoms with van der Waals surface area (Å²) < 4.78 is 15.9. The van der Waals surface area contributed by atoms with E-state index >= 15 is 0 Å². The monoisotopic (exact) mass is 417 g/mol. The summed E-state index contributed by atoms with van der Waals surface area (Å²) in [5.41, 5.74) is 3.68. The summed E-state index contributed by atoms with van der Waals surface area (Å²) in [5, 5.41) is 8.18. The smallest absolute Gasteiger partial charge is 0.230 e. The highest BCUT2D eigenvalue weighted by Gasteiger charge is 2.21. The molecule has 0 bridgehead atoms. The van der Waals surface area contributed by atoms with Crippen molar-refractivity contribution in [3.63, 3.8) is 0 Å². The molecular formula is C22H16FN5OS. The van der Waals surface area contributed by atoms with Crippen molar-refractivity contribution in [3.8, 4) is 10.7 Å². The summed E-state index contributed by atoms with van der Waals surface area (Å²) in [6, 6.07) is 17.5. The number of halogens is 1. The fraction of sp³-hybridized carbons (Fsp3) is 0.0909. The van der Waals surface area contributed by atoms with Crippen LogP contribution in [0.1, 0.15) is 11.3 Å². The molecule has 8 heteroatoms. The topological polar surface area (TPSA) is 72.2 Å². The van der Waals surface area contributed by atoms with Crippen LogP contribution in [0, 0.1) is 12.7 Å². The molecule has 148 valence electrons. The average molecular weight is 417 g/mol. The number of imidazole rings is 1. The molecule has 2 aromatic carbocycles. The summed E-state index contributed by atoms with van der Waals surface area (Å²) in [6.45, 7) is 1.90. The van der Waals surface area contributed by atoms with E-state index in [1.165, 1.54) is 23.5 Å². The van der Waals surface area contributed by atoms with Gasteiger partial charge in [-0.25, -0.2) is 18.9 Å². The van der Waals surface area contributed by atoms with Gasteiger partial charge in [0.1, 0.15) is 16.5 Å². The lowest BCUT2D eigenvalue weighted by molar-refractivity contribution is -0.115. The summed E-state index contributed by atoms with van der Waals surface area (Å²) in [5.74, 6) is -0.178. The molecule has 1 amide bonds. The number of para-hydroxylation sites is 1. The summed E-state index contributed by atoms with van der Waals surface area (Å²) in [4.78, 5) is 22.0. The molecule has 0 aliphatic heterocycles. The van der Waals surface area contributed by atoms with Crippen molar-refractivity contribution < 1.29 is 9.18 Å². The fourth-order valence-corrected chi connectivity index (χ4v) is 4.24. The maximum atomic E-state index is 13.1. The minimum atomic E-state index is -0.334. The Balaban J connectivity index is 1.56. The van der Waals surface area contributed by atoms with E-state index in [0.29, 0.717) is 22.7 Å². The number of thiazole rings is 1. The van der Waals surface area contributed by atoms with Crippen LogP contribution in [0.2, 0.25) is 0 Å². The number of anilines is 1. The highest BCUT2D eigenvalue weighted by Crippen LogP contribution is 2.34.